The molecule has 0 aliphatic rings. The summed E-state index contributed by atoms with van der Waals surface area (Å²) < 4.78 is 10.4. The Kier molecular flexibility index (Phi) is 3.96. The second-order valence-electron chi connectivity index (χ2n) is 3.66. The van der Waals surface area contributed by atoms with Gasteiger partial charge >= 0.3 is 0 Å². The number of nitrogens with zero attached hydrogens (tertiary/aromatic N) is 2. The van der Waals surface area contributed by atoms with Crippen LogP contribution in [0.25, 0.3) is 0 Å². The molecular formula is C13H15N3O2. The summed E-state index contributed by atoms with van der Waals surface area (Å²) >= 11 is 0. The van der Waals surface area contributed by atoms with E-state index in [2.05, 4.69) is 15.3 Å². The van der Waals surface area contributed by atoms with Crippen LogP contribution in [0.1, 0.15) is 5.69 Å². The molecule has 0 atom stereocenters. The molecule has 0 aliphatic heterocycles. The lowest BCUT2D eigenvalue weighted by molar-refractivity contribution is 0.394. The fourth-order valence-electron chi connectivity index (χ4n) is 1.52. The maximum absolute atomic E-state index is 5.20. The van der Waals surface area contributed by atoms with Gasteiger partial charge in [0.1, 0.15) is 17.8 Å². The topological polar surface area (TPSA) is 56.3 Å². The number of nitrogens with one attached hydrogen (secondary N) is 1. The molecular weight excluding hydrogens is 230 g/mol. The molecule has 0 saturated carbocycles. The number of methoxy groups -OCH3 is 2. The van der Waals surface area contributed by atoms with Crippen molar-refractivity contribution in [3.8, 4) is 11.5 Å². The average molecular weight is 245 g/mol. The molecule has 0 spiro atoms. The van der Waals surface area contributed by atoms with Crippen molar-refractivity contribution in [1.82, 2.24) is 9.97 Å². The summed E-state index contributed by atoms with van der Waals surface area (Å²) in [5.74, 6) is 1.50. The lowest BCUT2D eigenvalue weighted by Crippen LogP contribution is -2.02. The van der Waals surface area contributed by atoms with Crippen molar-refractivity contribution in [1.29, 1.82) is 0 Å². The first-order valence-electron chi connectivity index (χ1n) is 5.53. The minimum atomic E-state index is 0.624. The summed E-state index contributed by atoms with van der Waals surface area (Å²) in [5.41, 5.74) is 1.84. The molecule has 5 nitrogen and oxygen atoms in total. The SMILES string of the molecule is COc1cc(NCc2ccncn2)cc(OC)c1. The van der Waals surface area contributed by atoms with Crippen molar-refractivity contribution in [2.45, 2.75) is 6.54 Å². The minimum Gasteiger partial charge on any atom is -0.497 e. The van der Waals surface area contributed by atoms with Gasteiger partial charge in [-0.05, 0) is 6.07 Å². The van der Waals surface area contributed by atoms with Gasteiger partial charge in [-0.1, -0.05) is 0 Å². The highest BCUT2D eigenvalue weighted by atomic mass is 16.5. The molecule has 94 valence electrons. The normalized spacial score (nSPS) is 9.89. The third kappa shape index (κ3) is 3.10. The van der Waals surface area contributed by atoms with Crippen LogP contribution in [0.15, 0.2) is 36.8 Å². The van der Waals surface area contributed by atoms with E-state index >= 15 is 0 Å². The van der Waals surface area contributed by atoms with Gasteiger partial charge in [0.25, 0.3) is 0 Å². The first-order valence-corrected chi connectivity index (χ1v) is 5.53. The van der Waals surface area contributed by atoms with Crippen molar-refractivity contribution < 1.29 is 9.47 Å². The van der Waals surface area contributed by atoms with E-state index in [1.54, 1.807) is 20.4 Å². The molecule has 0 unspecified atom stereocenters. The highest BCUT2D eigenvalue weighted by molar-refractivity contribution is 5.53. The number of hydrogen-bond acceptors (Lipinski definition) is 5. The van der Waals surface area contributed by atoms with Gasteiger partial charge in [0.2, 0.25) is 0 Å². The van der Waals surface area contributed by atoms with E-state index in [9.17, 15) is 0 Å². The maximum atomic E-state index is 5.20. The number of rotatable bonds is 5. The van der Waals surface area contributed by atoms with Gasteiger partial charge < -0.3 is 14.8 Å². The first kappa shape index (κ1) is 12.2. The summed E-state index contributed by atoms with van der Waals surface area (Å²) in [6.45, 7) is 0.624. The third-order valence-corrected chi connectivity index (χ3v) is 2.47. The molecule has 0 aliphatic carbocycles. The van der Waals surface area contributed by atoms with Gasteiger partial charge in [-0.3, -0.25) is 0 Å². The molecule has 1 aromatic heterocycles. The Morgan fingerprint density at radius 3 is 2.39 bits per heavy atom. The van der Waals surface area contributed by atoms with Crippen LogP contribution in [0.3, 0.4) is 0 Å². The number of ether oxygens (including phenoxy) is 2. The van der Waals surface area contributed by atoms with Gasteiger partial charge in [0.05, 0.1) is 26.5 Å². The van der Waals surface area contributed by atoms with Gasteiger partial charge in [-0.15, -0.1) is 0 Å². The standard InChI is InChI=1S/C13H15N3O2/c1-17-12-5-11(6-13(7-12)18-2)15-8-10-3-4-14-9-16-10/h3-7,9,15H,8H2,1-2H3. The predicted molar refractivity (Wildman–Crippen MR) is 68.9 cm³/mol. The molecule has 1 aromatic carbocycles. The molecule has 1 heterocycles. The molecule has 0 radical (unpaired) electrons. The van der Waals surface area contributed by atoms with Crippen molar-refractivity contribution in [2.75, 3.05) is 19.5 Å². The van der Waals surface area contributed by atoms with E-state index in [-0.39, 0.29) is 0 Å². The Bertz CT molecular complexity index is 481. The molecule has 0 saturated heterocycles. The van der Waals surface area contributed by atoms with Crippen LogP contribution in [0.4, 0.5) is 5.69 Å². The molecule has 1 N–H and O–H groups in total. The van der Waals surface area contributed by atoms with E-state index in [0.29, 0.717) is 6.54 Å². The van der Waals surface area contributed by atoms with Crippen LogP contribution < -0.4 is 14.8 Å². The number of hydrogen-bond donors (Lipinski definition) is 1. The van der Waals surface area contributed by atoms with Crippen molar-refractivity contribution in [2.24, 2.45) is 0 Å². The van der Waals surface area contributed by atoms with E-state index in [0.717, 1.165) is 22.9 Å². The van der Waals surface area contributed by atoms with Crippen LogP contribution in [0.5, 0.6) is 11.5 Å². The van der Waals surface area contributed by atoms with E-state index in [4.69, 9.17) is 9.47 Å². The zero-order chi connectivity index (χ0) is 12.8. The van der Waals surface area contributed by atoms with E-state index in [1.807, 2.05) is 24.3 Å². The average Bonchev–Trinajstić information content (AvgIpc) is 2.45. The van der Waals surface area contributed by atoms with Gasteiger partial charge in [-0.2, -0.15) is 0 Å². The Labute approximate surface area is 106 Å². The first-order chi connectivity index (χ1) is 8.81. The third-order valence-electron chi connectivity index (χ3n) is 2.47. The highest BCUT2D eigenvalue weighted by Crippen LogP contribution is 2.25. The monoisotopic (exact) mass is 245 g/mol. The largest absolute Gasteiger partial charge is 0.497 e. The summed E-state index contributed by atoms with van der Waals surface area (Å²) in [6, 6.07) is 7.51. The van der Waals surface area contributed by atoms with Crippen molar-refractivity contribution >= 4 is 5.69 Å². The molecule has 0 bridgehead atoms. The fourth-order valence-corrected chi connectivity index (χ4v) is 1.52. The molecule has 0 fully saturated rings. The molecule has 2 rings (SSSR count). The van der Waals surface area contributed by atoms with Gasteiger partial charge in [-0.25, -0.2) is 9.97 Å². The van der Waals surface area contributed by atoms with Crippen molar-refractivity contribution in [3.05, 3.63) is 42.5 Å². The Hall–Kier alpha value is -2.30. The molecule has 5 heteroatoms. The quantitative estimate of drug-likeness (QED) is 0.874. The smallest absolute Gasteiger partial charge is 0.124 e. The molecule has 18 heavy (non-hydrogen) atoms. The lowest BCUT2D eigenvalue weighted by atomic mass is 10.2. The Morgan fingerprint density at radius 2 is 1.83 bits per heavy atom. The second-order valence-corrected chi connectivity index (χ2v) is 3.66. The Morgan fingerprint density at radius 1 is 1.11 bits per heavy atom. The van der Waals surface area contributed by atoms with E-state index in [1.165, 1.54) is 6.33 Å². The van der Waals surface area contributed by atoms with Crippen LogP contribution in [-0.4, -0.2) is 24.2 Å². The summed E-state index contributed by atoms with van der Waals surface area (Å²) in [5, 5.41) is 3.26. The number of aromatic nitrogens is 2. The minimum absolute atomic E-state index is 0.624. The van der Waals surface area contributed by atoms with Crippen LogP contribution in [0.2, 0.25) is 0 Å². The Balaban J connectivity index is 2.09. The summed E-state index contributed by atoms with van der Waals surface area (Å²) in [7, 11) is 3.26. The lowest BCUT2D eigenvalue weighted by Gasteiger charge is -2.10. The van der Waals surface area contributed by atoms with Crippen LogP contribution >= 0.6 is 0 Å². The van der Waals surface area contributed by atoms with Gasteiger partial charge in [0, 0.05) is 30.1 Å². The highest BCUT2D eigenvalue weighted by Gasteiger charge is 2.02. The predicted octanol–water partition coefficient (Wildman–Crippen LogP) is 2.11. The van der Waals surface area contributed by atoms with Crippen LogP contribution in [0, 0.1) is 0 Å². The maximum Gasteiger partial charge on any atom is 0.124 e. The van der Waals surface area contributed by atoms with E-state index < -0.39 is 0 Å². The number of benzene rings is 1. The fraction of sp³-hybridized carbons (Fsp3) is 0.231. The summed E-state index contributed by atoms with van der Waals surface area (Å²) in [4.78, 5) is 8.02. The van der Waals surface area contributed by atoms with Gasteiger partial charge in [0.15, 0.2) is 0 Å². The summed E-state index contributed by atoms with van der Waals surface area (Å²) in [6.07, 6.45) is 3.25. The van der Waals surface area contributed by atoms with Crippen LogP contribution in [-0.2, 0) is 6.54 Å². The zero-order valence-electron chi connectivity index (χ0n) is 10.4. The second kappa shape index (κ2) is 5.86. The zero-order valence-corrected chi connectivity index (χ0v) is 10.4. The number of anilines is 1. The molecule has 0 amide bonds. The van der Waals surface area contributed by atoms with Crippen molar-refractivity contribution in [3.63, 3.8) is 0 Å². The molecule has 2 aromatic rings.